The standard InChI is InChI=1S/2C15H13.2ClH.Zr/c2*1-2-11-7-8-15-13(9-11)10-12-5-3-4-6-14(12)15;;;/h2*3-8H,2,10H2,1H3;2*1H;/q2*-1;;;+4/p-2. The van der Waals surface area contributed by atoms with Gasteiger partial charge in [-0.25, -0.2) is 0 Å². The van der Waals surface area contributed by atoms with Gasteiger partial charge < -0.3 is 24.8 Å². The summed E-state index contributed by atoms with van der Waals surface area (Å²) in [6, 6.07) is 33.2. The second kappa shape index (κ2) is 12.2. The molecule has 0 heterocycles. The van der Waals surface area contributed by atoms with Crippen molar-refractivity contribution in [3.05, 3.63) is 118 Å². The zero-order chi connectivity index (χ0) is 20.5. The molecule has 164 valence electrons. The van der Waals surface area contributed by atoms with Gasteiger partial charge in [0, 0.05) is 0 Å². The van der Waals surface area contributed by atoms with Crippen molar-refractivity contribution in [1.82, 2.24) is 0 Å². The molecule has 0 atom stereocenters. The zero-order valence-corrected chi connectivity index (χ0v) is 23.0. The van der Waals surface area contributed by atoms with Crippen molar-refractivity contribution in [3.63, 3.8) is 0 Å². The zero-order valence-electron chi connectivity index (χ0n) is 19.0. The number of hydrogen-bond acceptors (Lipinski definition) is 0. The first-order valence-electron chi connectivity index (χ1n) is 11.0. The van der Waals surface area contributed by atoms with E-state index in [9.17, 15) is 0 Å². The molecule has 33 heavy (non-hydrogen) atoms. The Hall–Kier alpha value is -1.66. The molecule has 4 aromatic carbocycles. The van der Waals surface area contributed by atoms with Crippen LogP contribution >= 0.6 is 0 Å². The average molecular weight is 549 g/mol. The molecule has 0 bridgehead atoms. The Kier molecular flexibility index (Phi) is 10.2. The van der Waals surface area contributed by atoms with Gasteiger partial charge in [-0.1, -0.05) is 97.5 Å². The molecule has 6 rings (SSSR count). The SMILES string of the molecule is CCc1[c-]c2c(cc1)-c1ccccc1C2.CCc1[c-]c2c(cc1)-c1ccccc1C2.[Cl-].[Cl-].[Zr+4]. The summed E-state index contributed by atoms with van der Waals surface area (Å²) in [6.07, 6.45) is 4.26. The van der Waals surface area contributed by atoms with Gasteiger partial charge in [0.05, 0.1) is 0 Å². The largest absolute Gasteiger partial charge is 4.00 e. The summed E-state index contributed by atoms with van der Waals surface area (Å²) in [5.74, 6) is 0. The second-order valence-electron chi connectivity index (χ2n) is 8.13. The molecule has 0 saturated heterocycles. The van der Waals surface area contributed by atoms with Crippen molar-refractivity contribution >= 4 is 0 Å². The number of aryl methyl sites for hydroxylation is 2. The summed E-state index contributed by atoms with van der Waals surface area (Å²) in [5, 5.41) is 0. The number of benzene rings is 4. The van der Waals surface area contributed by atoms with Crippen LogP contribution in [0.4, 0.5) is 0 Å². The fourth-order valence-electron chi connectivity index (χ4n) is 4.63. The molecule has 0 saturated carbocycles. The summed E-state index contributed by atoms with van der Waals surface area (Å²) >= 11 is 0. The Morgan fingerprint density at radius 1 is 0.545 bits per heavy atom. The second-order valence-corrected chi connectivity index (χ2v) is 8.13. The molecule has 3 heteroatoms. The Morgan fingerprint density at radius 2 is 0.939 bits per heavy atom. The van der Waals surface area contributed by atoms with Crippen LogP contribution in [0.25, 0.3) is 22.3 Å². The predicted molar refractivity (Wildman–Crippen MR) is 126 cm³/mol. The molecular weight excluding hydrogens is 522 g/mol. The van der Waals surface area contributed by atoms with Crippen LogP contribution in [0.1, 0.15) is 47.2 Å². The smallest absolute Gasteiger partial charge is 1.00 e. The Balaban J connectivity index is 0.000000214. The van der Waals surface area contributed by atoms with Crippen LogP contribution in [0, 0.1) is 12.1 Å². The predicted octanol–water partition coefficient (Wildman–Crippen LogP) is 1.25. The molecule has 0 unspecified atom stereocenters. The number of rotatable bonds is 2. The summed E-state index contributed by atoms with van der Waals surface area (Å²) in [4.78, 5) is 0. The number of hydrogen-bond donors (Lipinski definition) is 0. The van der Waals surface area contributed by atoms with Crippen LogP contribution in [0.5, 0.6) is 0 Å². The van der Waals surface area contributed by atoms with E-state index in [1.165, 1.54) is 55.6 Å². The molecule has 0 fully saturated rings. The molecule has 2 aliphatic rings. The van der Waals surface area contributed by atoms with Gasteiger partial charge in [-0.3, -0.25) is 0 Å². The van der Waals surface area contributed by atoms with Crippen molar-refractivity contribution in [1.29, 1.82) is 0 Å². The first-order valence-corrected chi connectivity index (χ1v) is 11.0. The fourth-order valence-corrected chi connectivity index (χ4v) is 4.63. The average Bonchev–Trinajstić information content (AvgIpc) is 3.36. The van der Waals surface area contributed by atoms with E-state index >= 15 is 0 Å². The number of halogens is 2. The van der Waals surface area contributed by atoms with Gasteiger partial charge in [0.2, 0.25) is 0 Å². The quantitative estimate of drug-likeness (QED) is 0.286. The van der Waals surface area contributed by atoms with E-state index in [-0.39, 0.29) is 51.0 Å². The first kappa shape index (κ1) is 27.6. The third-order valence-corrected chi connectivity index (χ3v) is 6.29. The molecule has 2 aliphatic carbocycles. The van der Waals surface area contributed by atoms with Gasteiger partial charge in [-0.2, -0.15) is 47.5 Å². The van der Waals surface area contributed by atoms with Crippen molar-refractivity contribution in [3.8, 4) is 22.3 Å². The van der Waals surface area contributed by atoms with Gasteiger partial charge in [0.1, 0.15) is 0 Å². The maximum absolute atomic E-state index is 3.52. The van der Waals surface area contributed by atoms with Crippen LogP contribution < -0.4 is 24.8 Å². The van der Waals surface area contributed by atoms with E-state index in [1.54, 1.807) is 0 Å². The van der Waals surface area contributed by atoms with E-state index < -0.39 is 0 Å². The Labute approximate surface area is 229 Å². The van der Waals surface area contributed by atoms with Crippen LogP contribution in [-0.2, 0) is 51.9 Å². The first-order chi connectivity index (χ1) is 14.8. The molecule has 0 spiro atoms. The van der Waals surface area contributed by atoms with Gasteiger partial charge >= 0.3 is 26.2 Å². The van der Waals surface area contributed by atoms with Gasteiger partial charge in [-0.15, -0.1) is 22.3 Å². The van der Waals surface area contributed by atoms with E-state index in [0.29, 0.717) is 0 Å². The molecule has 0 radical (unpaired) electrons. The van der Waals surface area contributed by atoms with Crippen LogP contribution in [0.3, 0.4) is 0 Å². The third-order valence-electron chi connectivity index (χ3n) is 6.29. The van der Waals surface area contributed by atoms with E-state index in [1.807, 2.05) is 0 Å². The summed E-state index contributed by atoms with van der Waals surface area (Å²) in [6.45, 7) is 4.36. The summed E-state index contributed by atoms with van der Waals surface area (Å²) < 4.78 is 0. The van der Waals surface area contributed by atoms with Gasteiger partial charge in [0.15, 0.2) is 0 Å². The molecular formula is C30H26Cl2Zr. The minimum atomic E-state index is 0. The Bertz CT molecular complexity index is 1130. The molecule has 0 amide bonds. The van der Waals surface area contributed by atoms with E-state index in [2.05, 4.69) is 98.8 Å². The molecule has 4 aromatic rings. The minimum Gasteiger partial charge on any atom is -1.00 e. The molecule has 0 aliphatic heterocycles. The molecule has 0 aromatic heterocycles. The Morgan fingerprint density at radius 3 is 1.33 bits per heavy atom. The fraction of sp³-hybridized carbons (Fsp3) is 0.200. The van der Waals surface area contributed by atoms with E-state index in [0.717, 1.165) is 25.7 Å². The van der Waals surface area contributed by atoms with Crippen molar-refractivity contribution < 1.29 is 51.0 Å². The third kappa shape index (κ3) is 5.54. The van der Waals surface area contributed by atoms with Crippen molar-refractivity contribution in [2.75, 3.05) is 0 Å². The van der Waals surface area contributed by atoms with E-state index in [4.69, 9.17) is 0 Å². The monoisotopic (exact) mass is 546 g/mol. The topological polar surface area (TPSA) is 0 Å². The minimum absolute atomic E-state index is 0. The van der Waals surface area contributed by atoms with Crippen LogP contribution in [0.15, 0.2) is 72.8 Å². The maximum Gasteiger partial charge on any atom is 4.00 e. The maximum atomic E-state index is 3.52. The van der Waals surface area contributed by atoms with Gasteiger partial charge in [0.25, 0.3) is 0 Å². The summed E-state index contributed by atoms with van der Waals surface area (Å²) in [5.41, 5.74) is 13.8. The van der Waals surface area contributed by atoms with Crippen LogP contribution in [0.2, 0.25) is 0 Å². The van der Waals surface area contributed by atoms with Crippen molar-refractivity contribution in [2.45, 2.75) is 39.5 Å². The van der Waals surface area contributed by atoms with Crippen molar-refractivity contribution in [2.24, 2.45) is 0 Å². The normalized spacial score (nSPS) is 11.2. The molecule has 0 nitrogen and oxygen atoms in total. The summed E-state index contributed by atoms with van der Waals surface area (Å²) in [7, 11) is 0. The number of fused-ring (bicyclic) bond motifs is 6. The van der Waals surface area contributed by atoms with Gasteiger partial charge in [-0.05, 0) is 12.8 Å². The molecule has 0 N–H and O–H groups in total. The van der Waals surface area contributed by atoms with Crippen LogP contribution in [-0.4, -0.2) is 0 Å².